The number of amides is 1. The summed E-state index contributed by atoms with van der Waals surface area (Å²) >= 11 is 1.30. The molecule has 2 aromatic rings. The molecule has 1 amide bonds. The first-order valence-corrected chi connectivity index (χ1v) is 12.8. The van der Waals surface area contributed by atoms with Gasteiger partial charge >= 0.3 is 0 Å². The van der Waals surface area contributed by atoms with Crippen LogP contribution in [-0.2, 0) is 21.2 Å². The predicted octanol–water partition coefficient (Wildman–Crippen LogP) is 1.87. The van der Waals surface area contributed by atoms with Gasteiger partial charge in [0.15, 0.2) is 0 Å². The van der Waals surface area contributed by atoms with Crippen LogP contribution >= 0.6 is 11.8 Å². The van der Waals surface area contributed by atoms with E-state index < -0.39 is 10.0 Å². The summed E-state index contributed by atoms with van der Waals surface area (Å²) in [5.74, 6) is 0.720. The molecule has 3 rings (SSSR count). The standard InChI is InChI=1S/C22H30N4O4S2/c1-17(22(27)23-11-10-18-4-6-19(30-3)7-5-18)31-21-9-8-20(16-24-21)32(28,29)26-14-12-25(2)13-15-26/h4-9,16-17H,10-15H2,1-3H3,(H,23,27)/t17-/m0/s1. The lowest BCUT2D eigenvalue weighted by atomic mass is 10.1. The maximum Gasteiger partial charge on any atom is 0.244 e. The van der Waals surface area contributed by atoms with Crippen molar-refractivity contribution in [3.05, 3.63) is 48.2 Å². The molecule has 0 aliphatic carbocycles. The molecular weight excluding hydrogens is 448 g/mol. The Kier molecular flexibility index (Phi) is 8.52. The van der Waals surface area contributed by atoms with E-state index in [4.69, 9.17) is 4.74 Å². The number of nitrogens with one attached hydrogen (secondary N) is 1. The van der Waals surface area contributed by atoms with E-state index in [0.717, 1.165) is 17.7 Å². The number of rotatable bonds is 9. The van der Waals surface area contributed by atoms with Gasteiger partial charge in [0.2, 0.25) is 15.9 Å². The average Bonchev–Trinajstić information content (AvgIpc) is 2.80. The first kappa shape index (κ1) is 24.5. The molecule has 1 saturated heterocycles. The molecule has 1 fully saturated rings. The van der Waals surface area contributed by atoms with E-state index in [1.54, 1.807) is 19.2 Å². The van der Waals surface area contributed by atoms with Crippen molar-refractivity contribution in [2.75, 3.05) is 46.9 Å². The molecule has 0 spiro atoms. The van der Waals surface area contributed by atoms with E-state index >= 15 is 0 Å². The molecule has 1 aliphatic rings. The third-order valence-corrected chi connectivity index (χ3v) is 8.28. The number of pyridine rings is 1. The quantitative estimate of drug-likeness (QED) is 0.550. The fourth-order valence-corrected chi connectivity index (χ4v) is 5.45. The van der Waals surface area contributed by atoms with Gasteiger partial charge in [-0.1, -0.05) is 23.9 Å². The smallest absolute Gasteiger partial charge is 0.244 e. The molecular formula is C22H30N4O4S2. The van der Waals surface area contributed by atoms with Crippen LogP contribution in [0.1, 0.15) is 12.5 Å². The first-order valence-electron chi connectivity index (χ1n) is 10.5. The second-order valence-corrected chi connectivity index (χ2v) is 11.0. The molecule has 1 N–H and O–H groups in total. The number of aromatic nitrogens is 1. The van der Waals surface area contributed by atoms with Gasteiger partial charge in [0.25, 0.3) is 0 Å². The highest BCUT2D eigenvalue weighted by atomic mass is 32.2. The fourth-order valence-electron chi connectivity index (χ4n) is 3.27. The van der Waals surface area contributed by atoms with Gasteiger partial charge in [0, 0.05) is 38.9 Å². The highest BCUT2D eigenvalue weighted by Gasteiger charge is 2.27. The van der Waals surface area contributed by atoms with Gasteiger partial charge in [-0.3, -0.25) is 4.79 Å². The summed E-state index contributed by atoms with van der Waals surface area (Å²) in [4.78, 5) is 19.0. The zero-order chi connectivity index (χ0) is 23.1. The molecule has 1 aliphatic heterocycles. The lowest BCUT2D eigenvalue weighted by Crippen LogP contribution is -2.47. The summed E-state index contributed by atoms with van der Waals surface area (Å²) in [5.41, 5.74) is 1.12. The Hall–Kier alpha value is -2.14. The summed E-state index contributed by atoms with van der Waals surface area (Å²) in [7, 11) is 0.0661. The van der Waals surface area contributed by atoms with Crippen LogP contribution in [0.15, 0.2) is 52.5 Å². The van der Waals surface area contributed by atoms with Crippen LogP contribution in [0, 0.1) is 0 Å². The number of hydrogen-bond donors (Lipinski definition) is 1. The molecule has 1 aromatic heterocycles. The number of carbonyl (C=O) groups excluding carboxylic acids is 1. The zero-order valence-corrected chi connectivity index (χ0v) is 20.3. The zero-order valence-electron chi connectivity index (χ0n) is 18.7. The number of thioether (sulfide) groups is 1. The molecule has 0 unspecified atom stereocenters. The summed E-state index contributed by atoms with van der Waals surface area (Å²) < 4.78 is 32.2. The topological polar surface area (TPSA) is 91.8 Å². The number of hydrogen-bond acceptors (Lipinski definition) is 7. The van der Waals surface area contributed by atoms with Crippen molar-refractivity contribution in [2.24, 2.45) is 0 Å². The maximum atomic E-state index is 12.8. The molecule has 1 atom stereocenters. The fraction of sp³-hybridized carbons (Fsp3) is 0.455. The van der Waals surface area contributed by atoms with Crippen molar-refractivity contribution in [1.82, 2.24) is 19.5 Å². The van der Waals surface area contributed by atoms with E-state index in [9.17, 15) is 13.2 Å². The van der Waals surface area contributed by atoms with Gasteiger partial charge in [-0.05, 0) is 50.2 Å². The minimum Gasteiger partial charge on any atom is -0.497 e. The van der Waals surface area contributed by atoms with E-state index in [1.807, 2.05) is 38.2 Å². The summed E-state index contributed by atoms with van der Waals surface area (Å²) in [5, 5.41) is 3.20. The minimum atomic E-state index is -3.54. The van der Waals surface area contributed by atoms with Crippen molar-refractivity contribution in [1.29, 1.82) is 0 Å². The number of nitrogens with zero attached hydrogens (tertiary/aromatic N) is 3. The Morgan fingerprint density at radius 3 is 2.44 bits per heavy atom. The molecule has 1 aromatic carbocycles. The number of likely N-dealkylation sites (N-methyl/N-ethyl adjacent to an activating group) is 1. The van der Waals surface area contributed by atoms with E-state index in [0.29, 0.717) is 37.7 Å². The molecule has 2 heterocycles. The van der Waals surface area contributed by atoms with Crippen LogP contribution in [-0.4, -0.2) is 80.6 Å². The van der Waals surface area contributed by atoms with Gasteiger partial charge in [0.1, 0.15) is 10.6 Å². The Bertz CT molecular complexity index is 990. The number of benzene rings is 1. The van der Waals surface area contributed by atoms with Crippen LogP contribution < -0.4 is 10.1 Å². The van der Waals surface area contributed by atoms with Gasteiger partial charge in [0.05, 0.1) is 17.4 Å². The third kappa shape index (κ3) is 6.44. The molecule has 174 valence electrons. The lowest BCUT2D eigenvalue weighted by Gasteiger charge is -2.31. The second kappa shape index (κ2) is 11.1. The lowest BCUT2D eigenvalue weighted by molar-refractivity contribution is -0.120. The SMILES string of the molecule is COc1ccc(CCNC(=O)[C@H](C)Sc2ccc(S(=O)(=O)N3CCN(C)CC3)cn2)cc1. The van der Waals surface area contributed by atoms with E-state index in [1.165, 1.54) is 22.3 Å². The van der Waals surface area contributed by atoms with Gasteiger partial charge in [-0.2, -0.15) is 4.31 Å². The van der Waals surface area contributed by atoms with Gasteiger partial charge < -0.3 is 15.0 Å². The van der Waals surface area contributed by atoms with E-state index in [-0.39, 0.29) is 16.1 Å². The molecule has 8 nitrogen and oxygen atoms in total. The van der Waals surface area contributed by atoms with Crippen molar-refractivity contribution >= 4 is 27.7 Å². The first-order chi connectivity index (χ1) is 15.3. The highest BCUT2D eigenvalue weighted by Crippen LogP contribution is 2.24. The van der Waals surface area contributed by atoms with Crippen LogP contribution in [0.4, 0.5) is 0 Å². The third-order valence-electron chi connectivity index (χ3n) is 5.35. The van der Waals surface area contributed by atoms with Crippen LogP contribution in [0.3, 0.4) is 0 Å². The second-order valence-electron chi connectivity index (χ2n) is 7.69. The Morgan fingerprint density at radius 2 is 1.84 bits per heavy atom. The van der Waals surface area contributed by atoms with Crippen molar-refractivity contribution < 1.29 is 17.9 Å². The van der Waals surface area contributed by atoms with Crippen LogP contribution in [0.2, 0.25) is 0 Å². The molecule has 0 saturated carbocycles. The molecule has 0 bridgehead atoms. The van der Waals surface area contributed by atoms with Gasteiger partial charge in [-0.15, -0.1) is 0 Å². The summed E-state index contributed by atoms with van der Waals surface area (Å²) in [6, 6.07) is 11.0. The number of carbonyl (C=O) groups is 1. The Morgan fingerprint density at radius 1 is 1.16 bits per heavy atom. The highest BCUT2D eigenvalue weighted by molar-refractivity contribution is 8.00. The Balaban J connectivity index is 1.49. The minimum absolute atomic E-state index is 0.0838. The number of sulfonamides is 1. The largest absolute Gasteiger partial charge is 0.497 e. The molecule has 0 radical (unpaired) electrons. The van der Waals surface area contributed by atoms with E-state index in [2.05, 4.69) is 15.2 Å². The van der Waals surface area contributed by atoms with Gasteiger partial charge in [-0.25, -0.2) is 13.4 Å². The Labute approximate surface area is 194 Å². The number of ether oxygens (including phenoxy) is 1. The average molecular weight is 479 g/mol. The molecule has 10 heteroatoms. The van der Waals surface area contributed by atoms with Crippen molar-refractivity contribution in [3.63, 3.8) is 0 Å². The number of methoxy groups -OCH3 is 1. The normalized spacial score (nSPS) is 16.5. The van der Waals surface area contributed by atoms with Crippen LogP contribution in [0.5, 0.6) is 5.75 Å². The van der Waals surface area contributed by atoms with Crippen molar-refractivity contribution in [3.8, 4) is 5.75 Å². The maximum absolute atomic E-state index is 12.8. The van der Waals surface area contributed by atoms with Crippen molar-refractivity contribution in [2.45, 2.75) is 28.5 Å². The summed E-state index contributed by atoms with van der Waals surface area (Å²) in [6.07, 6.45) is 2.11. The number of piperazine rings is 1. The summed E-state index contributed by atoms with van der Waals surface area (Å²) in [6.45, 7) is 4.72. The molecule has 32 heavy (non-hydrogen) atoms. The monoisotopic (exact) mass is 478 g/mol. The predicted molar refractivity (Wildman–Crippen MR) is 126 cm³/mol. The van der Waals surface area contributed by atoms with Crippen LogP contribution in [0.25, 0.3) is 0 Å².